The third kappa shape index (κ3) is 3.95. The van der Waals surface area contributed by atoms with Crippen LogP contribution < -0.4 is 8.92 Å². The number of hydrogen-bond acceptors (Lipinski definition) is 4. The molecule has 0 amide bonds. The third-order valence-electron chi connectivity index (χ3n) is 2.99. The number of ether oxygens (including phenoxy) is 1. The number of hydrogen-bond donors (Lipinski definition) is 0. The average Bonchev–Trinajstić information content (AvgIpc) is 2.46. The van der Waals surface area contributed by atoms with Crippen LogP contribution in [0, 0.1) is 6.92 Å². The highest BCUT2D eigenvalue weighted by molar-refractivity contribution is 7.87. The Kier molecular flexibility index (Phi) is 4.56. The molecule has 0 saturated heterocycles. The highest BCUT2D eigenvalue weighted by Crippen LogP contribution is 2.38. The molecule has 0 aromatic heterocycles. The highest BCUT2D eigenvalue weighted by Gasteiger charge is 2.35. The minimum absolute atomic E-state index is 0.146. The molecule has 0 atom stereocenters. The predicted octanol–water partition coefficient (Wildman–Crippen LogP) is 3.79. The van der Waals surface area contributed by atoms with Crippen molar-refractivity contribution in [2.75, 3.05) is 7.11 Å². The first-order chi connectivity index (χ1) is 10.6. The van der Waals surface area contributed by atoms with Crippen LogP contribution in [-0.4, -0.2) is 15.5 Å². The zero-order valence-corrected chi connectivity index (χ0v) is 13.0. The first-order valence-electron chi connectivity index (χ1n) is 6.40. The minimum atomic E-state index is -4.70. The van der Waals surface area contributed by atoms with E-state index in [0.717, 1.165) is 24.8 Å². The Morgan fingerprint density at radius 3 is 2.13 bits per heavy atom. The van der Waals surface area contributed by atoms with E-state index < -0.39 is 33.4 Å². The van der Waals surface area contributed by atoms with Crippen LogP contribution in [0.25, 0.3) is 0 Å². The summed E-state index contributed by atoms with van der Waals surface area (Å²) in [6.45, 7) is 1.77. The van der Waals surface area contributed by atoms with E-state index in [-0.39, 0.29) is 4.90 Å². The summed E-state index contributed by atoms with van der Waals surface area (Å²) in [4.78, 5) is -0.146. The van der Waals surface area contributed by atoms with Crippen molar-refractivity contribution >= 4 is 10.1 Å². The van der Waals surface area contributed by atoms with Gasteiger partial charge in [0.15, 0.2) is 0 Å². The van der Waals surface area contributed by atoms with Crippen molar-refractivity contribution < 1.29 is 30.5 Å². The molecule has 2 aromatic rings. The fourth-order valence-corrected chi connectivity index (χ4v) is 2.76. The molecule has 0 aliphatic rings. The summed E-state index contributed by atoms with van der Waals surface area (Å²) in [5.41, 5.74) is -0.274. The molecule has 0 radical (unpaired) electrons. The second kappa shape index (κ2) is 6.11. The van der Waals surface area contributed by atoms with Gasteiger partial charge in [0, 0.05) is 0 Å². The predicted molar refractivity (Wildman–Crippen MR) is 77.0 cm³/mol. The van der Waals surface area contributed by atoms with Gasteiger partial charge in [-0.25, -0.2) is 0 Å². The number of halogens is 3. The smallest absolute Gasteiger partial charge is 0.420 e. The van der Waals surface area contributed by atoms with Crippen molar-refractivity contribution in [3.63, 3.8) is 0 Å². The fraction of sp³-hybridized carbons (Fsp3) is 0.200. The van der Waals surface area contributed by atoms with Crippen molar-refractivity contribution in [3.05, 3.63) is 53.6 Å². The van der Waals surface area contributed by atoms with Gasteiger partial charge in [0.1, 0.15) is 22.0 Å². The highest BCUT2D eigenvalue weighted by atomic mass is 32.2. The van der Waals surface area contributed by atoms with Crippen LogP contribution in [0.15, 0.2) is 47.4 Å². The molecular weight excluding hydrogens is 333 g/mol. The maximum Gasteiger partial charge on any atom is 0.420 e. The minimum Gasteiger partial charge on any atom is -0.496 e. The number of benzene rings is 2. The van der Waals surface area contributed by atoms with Crippen molar-refractivity contribution in [1.29, 1.82) is 0 Å². The molecule has 124 valence electrons. The van der Waals surface area contributed by atoms with Gasteiger partial charge in [-0.1, -0.05) is 17.7 Å². The van der Waals surface area contributed by atoms with Crippen molar-refractivity contribution in [2.45, 2.75) is 18.0 Å². The molecule has 0 heterocycles. The van der Waals surface area contributed by atoms with Crippen molar-refractivity contribution in [3.8, 4) is 11.5 Å². The van der Waals surface area contributed by atoms with Crippen LogP contribution in [-0.2, 0) is 16.3 Å². The van der Waals surface area contributed by atoms with Crippen molar-refractivity contribution in [1.82, 2.24) is 0 Å². The average molecular weight is 346 g/mol. The molecule has 0 aliphatic carbocycles. The van der Waals surface area contributed by atoms with Gasteiger partial charge >= 0.3 is 16.3 Å². The molecule has 0 aliphatic heterocycles. The Morgan fingerprint density at radius 2 is 1.61 bits per heavy atom. The first-order valence-corrected chi connectivity index (χ1v) is 7.81. The van der Waals surface area contributed by atoms with Gasteiger partial charge in [-0.2, -0.15) is 21.6 Å². The van der Waals surface area contributed by atoms with Gasteiger partial charge in [0.25, 0.3) is 0 Å². The topological polar surface area (TPSA) is 52.6 Å². The molecular formula is C15H13F3O4S. The summed E-state index contributed by atoms with van der Waals surface area (Å²) in [6.07, 6.45) is -4.70. The van der Waals surface area contributed by atoms with Crippen LogP contribution in [0.3, 0.4) is 0 Å². The Hall–Kier alpha value is -2.22. The maximum atomic E-state index is 12.9. The van der Waals surface area contributed by atoms with Crippen LogP contribution in [0.5, 0.6) is 11.5 Å². The number of rotatable bonds is 4. The molecule has 0 bridgehead atoms. The Balaban J connectivity index is 2.38. The normalized spacial score (nSPS) is 12.0. The molecule has 0 unspecified atom stereocenters. The summed E-state index contributed by atoms with van der Waals surface area (Å²) in [5, 5.41) is 0. The lowest BCUT2D eigenvalue weighted by Gasteiger charge is -2.14. The van der Waals surface area contributed by atoms with Gasteiger partial charge in [0.2, 0.25) is 0 Å². The van der Waals surface area contributed by atoms with E-state index >= 15 is 0 Å². The van der Waals surface area contributed by atoms with Crippen LogP contribution in [0.1, 0.15) is 11.1 Å². The molecule has 0 saturated carbocycles. The van der Waals surface area contributed by atoms with Crippen LogP contribution >= 0.6 is 0 Å². The standard InChI is InChI=1S/C15H13F3O4S/c1-10-3-6-12(7-4-10)23(19,20)22-11-5-8-14(21-2)13(9-11)15(16,17)18/h3-9H,1-2H3. The summed E-state index contributed by atoms with van der Waals surface area (Å²) in [5.74, 6) is -0.865. The van der Waals surface area contributed by atoms with Gasteiger partial charge in [-0.15, -0.1) is 0 Å². The van der Waals surface area contributed by atoms with Crippen LogP contribution in [0.2, 0.25) is 0 Å². The first kappa shape index (κ1) is 17.1. The molecule has 2 aromatic carbocycles. The lowest BCUT2D eigenvalue weighted by molar-refractivity contribution is -0.138. The summed E-state index contributed by atoms with van der Waals surface area (Å²) >= 11 is 0. The van der Waals surface area contributed by atoms with Crippen molar-refractivity contribution in [2.24, 2.45) is 0 Å². The molecule has 4 nitrogen and oxygen atoms in total. The quantitative estimate of drug-likeness (QED) is 0.791. The molecule has 23 heavy (non-hydrogen) atoms. The third-order valence-corrected chi connectivity index (χ3v) is 4.25. The molecule has 0 N–H and O–H groups in total. The van der Waals surface area contributed by atoms with E-state index in [1.165, 1.54) is 12.1 Å². The summed E-state index contributed by atoms with van der Waals surface area (Å²) in [6, 6.07) is 8.45. The molecule has 0 fully saturated rings. The SMILES string of the molecule is COc1ccc(OS(=O)(=O)c2ccc(C)cc2)cc1C(F)(F)F. The number of methoxy groups -OCH3 is 1. The van der Waals surface area contributed by atoms with E-state index in [4.69, 9.17) is 4.18 Å². The van der Waals surface area contributed by atoms with E-state index in [2.05, 4.69) is 4.74 Å². The Morgan fingerprint density at radius 1 is 1.00 bits per heavy atom. The summed E-state index contributed by atoms with van der Waals surface area (Å²) < 4.78 is 72.4. The number of alkyl halides is 3. The lowest BCUT2D eigenvalue weighted by Crippen LogP contribution is -2.12. The summed E-state index contributed by atoms with van der Waals surface area (Å²) in [7, 11) is -3.13. The van der Waals surface area contributed by atoms with Gasteiger partial charge < -0.3 is 8.92 Å². The van der Waals surface area contributed by atoms with E-state index in [9.17, 15) is 21.6 Å². The molecule has 0 spiro atoms. The van der Waals surface area contributed by atoms with Gasteiger partial charge in [-0.3, -0.25) is 0 Å². The Bertz CT molecular complexity index is 796. The monoisotopic (exact) mass is 346 g/mol. The fourth-order valence-electron chi connectivity index (χ4n) is 1.84. The second-order valence-corrected chi connectivity index (χ2v) is 6.26. The lowest BCUT2D eigenvalue weighted by atomic mass is 10.2. The van der Waals surface area contributed by atoms with E-state index in [1.807, 2.05) is 0 Å². The zero-order chi connectivity index (χ0) is 17.3. The largest absolute Gasteiger partial charge is 0.496 e. The van der Waals surface area contributed by atoms with Gasteiger partial charge in [-0.05, 0) is 37.3 Å². The van der Waals surface area contributed by atoms with E-state index in [0.29, 0.717) is 6.07 Å². The number of aryl methyl sites for hydroxylation is 1. The van der Waals surface area contributed by atoms with Crippen LogP contribution in [0.4, 0.5) is 13.2 Å². The molecule has 8 heteroatoms. The zero-order valence-electron chi connectivity index (χ0n) is 12.2. The maximum absolute atomic E-state index is 12.9. The van der Waals surface area contributed by atoms with E-state index in [1.54, 1.807) is 19.1 Å². The Labute approximate surface area is 131 Å². The molecule has 2 rings (SSSR count). The second-order valence-electron chi connectivity index (χ2n) is 4.71. The van der Waals surface area contributed by atoms with Gasteiger partial charge in [0.05, 0.1) is 7.11 Å².